The van der Waals surface area contributed by atoms with Gasteiger partial charge in [0.05, 0.1) is 0 Å². The number of hydrogen-bond donors (Lipinski definition) is 1. The van der Waals surface area contributed by atoms with Gasteiger partial charge in [-0.25, -0.2) is 4.98 Å². The van der Waals surface area contributed by atoms with Gasteiger partial charge in [0.1, 0.15) is 5.82 Å². The lowest BCUT2D eigenvalue weighted by Gasteiger charge is -2.33. The molecule has 0 unspecified atom stereocenters. The van der Waals surface area contributed by atoms with Crippen molar-refractivity contribution in [1.29, 1.82) is 0 Å². The van der Waals surface area contributed by atoms with E-state index >= 15 is 0 Å². The maximum Gasteiger partial charge on any atom is 0.229 e. The van der Waals surface area contributed by atoms with Crippen molar-refractivity contribution in [2.24, 2.45) is 0 Å². The minimum Gasteiger partial charge on any atom is -0.353 e. The third kappa shape index (κ3) is 3.98. The van der Waals surface area contributed by atoms with E-state index in [4.69, 9.17) is 0 Å². The Morgan fingerprint density at radius 3 is 2.48 bits per heavy atom. The topological polar surface area (TPSA) is 61.4 Å². The lowest BCUT2D eigenvalue weighted by atomic mass is 10.3. The molecule has 1 aliphatic rings. The van der Waals surface area contributed by atoms with Crippen molar-refractivity contribution in [2.75, 3.05) is 36.4 Å². The van der Waals surface area contributed by atoms with E-state index in [2.05, 4.69) is 36.1 Å². The summed E-state index contributed by atoms with van der Waals surface area (Å²) in [4.78, 5) is 23.8. The summed E-state index contributed by atoms with van der Waals surface area (Å²) in [6, 6.07) is 9.86. The molecule has 0 saturated carbocycles. The SMILES string of the molecule is Cc1cc(N2CCN(C=O)CC2)nc(Nc2ccc(Br)cc2)n1. The largest absolute Gasteiger partial charge is 0.353 e. The van der Waals surface area contributed by atoms with Gasteiger partial charge < -0.3 is 15.1 Å². The molecular formula is C16H18BrN5O. The lowest BCUT2D eigenvalue weighted by Crippen LogP contribution is -2.46. The van der Waals surface area contributed by atoms with E-state index in [-0.39, 0.29) is 0 Å². The number of aryl methyl sites for hydroxylation is 1. The molecular weight excluding hydrogens is 358 g/mol. The summed E-state index contributed by atoms with van der Waals surface area (Å²) in [5.74, 6) is 1.47. The zero-order chi connectivity index (χ0) is 16.2. The van der Waals surface area contributed by atoms with Crippen LogP contribution < -0.4 is 10.2 Å². The van der Waals surface area contributed by atoms with Crippen molar-refractivity contribution >= 4 is 39.8 Å². The highest BCUT2D eigenvalue weighted by Gasteiger charge is 2.17. The number of rotatable bonds is 4. The first kappa shape index (κ1) is 15.7. The number of anilines is 3. The van der Waals surface area contributed by atoms with Gasteiger partial charge in [-0.3, -0.25) is 4.79 Å². The number of piperazine rings is 1. The van der Waals surface area contributed by atoms with Gasteiger partial charge in [0.2, 0.25) is 12.4 Å². The molecule has 1 N–H and O–H groups in total. The van der Waals surface area contributed by atoms with Crippen molar-refractivity contribution < 1.29 is 4.79 Å². The molecule has 0 bridgehead atoms. The molecule has 0 atom stereocenters. The van der Waals surface area contributed by atoms with Crippen LogP contribution in [0.5, 0.6) is 0 Å². The number of halogens is 1. The summed E-state index contributed by atoms with van der Waals surface area (Å²) in [6.45, 7) is 4.98. The highest BCUT2D eigenvalue weighted by atomic mass is 79.9. The molecule has 6 nitrogen and oxygen atoms in total. The van der Waals surface area contributed by atoms with Crippen LogP contribution in [0.4, 0.5) is 17.5 Å². The molecule has 1 aliphatic heterocycles. The van der Waals surface area contributed by atoms with Crippen molar-refractivity contribution in [3.63, 3.8) is 0 Å². The first-order valence-electron chi connectivity index (χ1n) is 7.46. The molecule has 3 rings (SSSR count). The van der Waals surface area contributed by atoms with Gasteiger partial charge in [0.25, 0.3) is 0 Å². The molecule has 23 heavy (non-hydrogen) atoms. The highest BCUT2D eigenvalue weighted by molar-refractivity contribution is 9.10. The van der Waals surface area contributed by atoms with Crippen LogP contribution in [0.1, 0.15) is 5.69 Å². The molecule has 1 saturated heterocycles. The van der Waals surface area contributed by atoms with E-state index in [0.29, 0.717) is 5.95 Å². The minimum absolute atomic E-state index is 0.583. The number of aromatic nitrogens is 2. The second kappa shape index (κ2) is 6.95. The Kier molecular flexibility index (Phi) is 4.76. The molecule has 2 heterocycles. The minimum atomic E-state index is 0.583. The predicted octanol–water partition coefficient (Wildman–Crippen LogP) is 2.57. The summed E-state index contributed by atoms with van der Waals surface area (Å²) < 4.78 is 1.03. The average molecular weight is 376 g/mol. The average Bonchev–Trinajstić information content (AvgIpc) is 2.56. The monoisotopic (exact) mass is 375 g/mol. The van der Waals surface area contributed by atoms with Gasteiger partial charge in [-0.1, -0.05) is 15.9 Å². The van der Waals surface area contributed by atoms with Crippen LogP contribution in [-0.4, -0.2) is 47.5 Å². The normalized spacial score (nSPS) is 14.7. The highest BCUT2D eigenvalue weighted by Crippen LogP contribution is 2.20. The van der Waals surface area contributed by atoms with Gasteiger partial charge in [0.15, 0.2) is 0 Å². The fraction of sp³-hybridized carbons (Fsp3) is 0.312. The summed E-state index contributed by atoms with van der Waals surface area (Å²) in [7, 11) is 0. The number of nitrogens with one attached hydrogen (secondary N) is 1. The van der Waals surface area contributed by atoms with E-state index in [0.717, 1.165) is 54.3 Å². The van der Waals surface area contributed by atoms with Gasteiger partial charge in [-0.05, 0) is 31.2 Å². The molecule has 7 heteroatoms. The predicted molar refractivity (Wildman–Crippen MR) is 94.0 cm³/mol. The lowest BCUT2D eigenvalue weighted by molar-refractivity contribution is -0.118. The number of nitrogens with zero attached hydrogens (tertiary/aromatic N) is 4. The van der Waals surface area contributed by atoms with Crippen LogP contribution in [0.2, 0.25) is 0 Å². The molecule has 0 aliphatic carbocycles. The van der Waals surface area contributed by atoms with Crippen molar-refractivity contribution in [1.82, 2.24) is 14.9 Å². The zero-order valence-electron chi connectivity index (χ0n) is 12.9. The van der Waals surface area contributed by atoms with E-state index in [1.165, 1.54) is 0 Å². The fourth-order valence-electron chi connectivity index (χ4n) is 2.49. The number of carbonyl (C=O) groups excluding carboxylic acids is 1. The van der Waals surface area contributed by atoms with Crippen molar-refractivity contribution in [2.45, 2.75) is 6.92 Å². The Morgan fingerprint density at radius 1 is 1.13 bits per heavy atom. The number of carbonyl (C=O) groups is 1. The van der Waals surface area contributed by atoms with Crippen LogP contribution in [0.3, 0.4) is 0 Å². The second-order valence-corrected chi connectivity index (χ2v) is 6.37. The molecule has 0 spiro atoms. The molecule has 0 radical (unpaired) electrons. The van der Waals surface area contributed by atoms with Crippen LogP contribution in [0.15, 0.2) is 34.8 Å². The Labute approximate surface area is 143 Å². The van der Waals surface area contributed by atoms with Crippen molar-refractivity contribution in [3.05, 3.63) is 40.5 Å². The number of hydrogen-bond acceptors (Lipinski definition) is 5. The summed E-state index contributed by atoms with van der Waals surface area (Å²) >= 11 is 3.42. The molecule has 1 fully saturated rings. The molecule has 120 valence electrons. The van der Waals surface area contributed by atoms with Gasteiger partial charge >= 0.3 is 0 Å². The second-order valence-electron chi connectivity index (χ2n) is 5.45. The van der Waals surface area contributed by atoms with Crippen molar-refractivity contribution in [3.8, 4) is 0 Å². The Bertz CT molecular complexity index is 683. The van der Waals surface area contributed by atoms with Crippen LogP contribution in [0, 0.1) is 6.92 Å². The Balaban J connectivity index is 1.76. The Hall–Kier alpha value is -2.15. The quantitative estimate of drug-likeness (QED) is 0.832. The third-order valence-corrected chi connectivity index (χ3v) is 4.26. The van der Waals surface area contributed by atoms with Gasteiger partial charge in [-0.2, -0.15) is 4.98 Å². The molecule has 1 aromatic carbocycles. The van der Waals surface area contributed by atoms with E-state index in [9.17, 15) is 4.79 Å². The smallest absolute Gasteiger partial charge is 0.229 e. The van der Waals surface area contributed by atoms with Crippen LogP contribution in [-0.2, 0) is 4.79 Å². The van der Waals surface area contributed by atoms with E-state index < -0.39 is 0 Å². The fourth-order valence-corrected chi connectivity index (χ4v) is 2.75. The summed E-state index contributed by atoms with van der Waals surface area (Å²) in [5, 5.41) is 3.24. The van der Waals surface area contributed by atoms with E-state index in [1.807, 2.05) is 37.3 Å². The molecule has 1 aromatic heterocycles. The first-order valence-corrected chi connectivity index (χ1v) is 8.26. The summed E-state index contributed by atoms with van der Waals surface area (Å²) in [5.41, 5.74) is 1.85. The zero-order valence-corrected chi connectivity index (χ0v) is 14.5. The maximum atomic E-state index is 10.8. The Morgan fingerprint density at radius 2 is 1.83 bits per heavy atom. The first-order chi connectivity index (χ1) is 11.1. The summed E-state index contributed by atoms with van der Waals surface area (Å²) in [6.07, 6.45) is 0.906. The standard InChI is InChI=1S/C16H18BrN5O/c1-12-10-15(22-8-6-21(11-23)7-9-22)20-16(18-12)19-14-4-2-13(17)3-5-14/h2-5,10-11H,6-9H2,1H3,(H,18,19,20). The van der Waals surface area contributed by atoms with Crippen LogP contribution >= 0.6 is 15.9 Å². The van der Waals surface area contributed by atoms with Crippen LogP contribution in [0.25, 0.3) is 0 Å². The molecule has 2 aromatic rings. The third-order valence-electron chi connectivity index (χ3n) is 3.73. The van der Waals surface area contributed by atoms with E-state index in [1.54, 1.807) is 4.90 Å². The number of benzene rings is 1. The van der Waals surface area contributed by atoms with Gasteiger partial charge in [-0.15, -0.1) is 0 Å². The molecule has 1 amide bonds. The van der Waals surface area contributed by atoms with Gasteiger partial charge in [0, 0.05) is 48.1 Å². The number of amides is 1. The maximum absolute atomic E-state index is 10.8.